The molecule has 0 aliphatic carbocycles. The van der Waals surface area contributed by atoms with Gasteiger partial charge in [-0.1, -0.05) is 0 Å². The Morgan fingerprint density at radius 1 is 1.29 bits per heavy atom. The molecule has 2 aromatic heterocycles. The summed E-state index contributed by atoms with van der Waals surface area (Å²) in [5.74, 6) is 0. The van der Waals surface area contributed by atoms with Crippen molar-refractivity contribution < 1.29 is 0 Å². The lowest BCUT2D eigenvalue weighted by Gasteiger charge is -2.01. The number of fused-ring (bicyclic) bond motifs is 1. The summed E-state index contributed by atoms with van der Waals surface area (Å²) in [6.07, 6.45) is 1.86. The number of aromatic nitrogens is 2. The normalized spacial score (nSPS) is 11.1. The molecule has 5 heteroatoms. The van der Waals surface area contributed by atoms with E-state index < -0.39 is 0 Å². The van der Waals surface area contributed by atoms with E-state index in [1.165, 1.54) is 4.88 Å². The number of nitrogens with zero attached hydrogens (tertiary/aromatic N) is 2. The number of nitrogen functional groups attached to an aromatic ring is 1. The van der Waals surface area contributed by atoms with Gasteiger partial charge in [0.2, 0.25) is 0 Å². The Morgan fingerprint density at radius 2 is 2.18 bits per heavy atom. The van der Waals surface area contributed by atoms with Crippen LogP contribution in [0.2, 0.25) is 0 Å². The zero-order valence-electron chi connectivity index (χ0n) is 8.93. The van der Waals surface area contributed by atoms with Crippen molar-refractivity contribution in [2.24, 2.45) is 0 Å². The molecule has 17 heavy (non-hydrogen) atoms. The number of thiophene rings is 1. The smallest absolute Gasteiger partial charge is 0.0961 e. The van der Waals surface area contributed by atoms with Crippen LogP contribution in [-0.2, 0) is 6.54 Å². The van der Waals surface area contributed by atoms with Gasteiger partial charge in [0.05, 0.1) is 27.7 Å². The molecule has 0 radical (unpaired) electrons. The molecule has 0 fully saturated rings. The van der Waals surface area contributed by atoms with Crippen LogP contribution in [-0.4, -0.2) is 9.55 Å². The number of hydrogen-bond donors (Lipinski definition) is 1. The largest absolute Gasteiger partial charge is 0.399 e. The van der Waals surface area contributed by atoms with Crippen molar-refractivity contribution in [1.29, 1.82) is 0 Å². The van der Waals surface area contributed by atoms with Crippen molar-refractivity contribution in [3.63, 3.8) is 0 Å². The summed E-state index contributed by atoms with van der Waals surface area (Å²) in [7, 11) is 0. The molecule has 0 spiro atoms. The van der Waals surface area contributed by atoms with Crippen molar-refractivity contribution in [2.75, 3.05) is 5.73 Å². The predicted molar refractivity (Wildman–Crippen MR) is 75.3 cm³/mol. The summed E-state index contributed by atoms with van der Waals surface area (Å²) < 4.78 is 3.29. The molecule has 0 bridgehead atoms. The van der Waals surface area contributed by atoms with Crippen LogP contribution in [0.25, 0.3) is 11.0 Å². The summed E-state index contributed by atoms with van der Waals surface area (Å²) in [5.41, 5.74) is 8.55. The first-order chi connectivity index (χ1) is 8.22. The third-order valence-electron chi connectivity index (χ3n) is 2.60. The first kappa shape index (κ1) is 10.8. The van der Waals surface area contributed by atoms with E-state index in [4.69, 9.17) is 5.73 Å². The minimum absolute atomic E-state index is 0.751. The number of halogens is 1. The number of rotatable bonds is 2. The van der Waals surface area contributed by atoms with E-state index in [1.54, 1.807) is 11.3 Å². The second-order valence-electron chi connectivity index (χ2n) is 3.83. The second kappa shape index (κ2) is 4.16. The molecule has 3 nitrogen and oxygen atoms in total. The highest BCUT2D eigenvalue weighted by Crippen LogP contribution is 2.24. The highest BCUT2D eigenvalue weighted by molar-refractivity contribution is 9.11. The van der Waals surface area contributed by atoms with E-state index >= 15 is 0 Å². The minimum Gasteiger partial charge on any atom is -0.399 e. The molecule has 86 valence electrons. The minimum atomic E-state index is 0.751. The van der Waals surface area contributed by atoms with Crippen LogP contribution in [0, 0.1) is 0 Å². The highest BCUT2D eigenvalue weighted by Gasteiger charge is 2.04. The van der Waals surface area contributed by atoms with Gasteiger partial charge in [-0.3, -0.25) is 0 Å². The van der Waals surface area contributed by atoms with Crippen LogP contribution in [0.5, 0.6) is 0 Å². The van der Waals surface area contributed by atoms with Gasteiger partial charge in [0.15, 0.2) is 0 Å². The standard InChI is InChI=1S/C12H10BrN3S/c13-12-4-2-9(17-12)6-16-7-15-10-5-8(14)1-3-11(10)16/h1-5,7H,6,14H2. The maximum absolute atomic E-state index is 5.74. The molecule has 0 saturated heterocycles. The molecule has 2 heterocycles. The molecule has 0 atom stereocenters. The number of imidazole rings is 1. The van der Waals surface area contributed by atoms with Crippen molar-refractivity contribution in [3.05, 3.63) is 45.3 Å². The van der Waals surface area contributed by atoms with Gasteiger partial charge in [-0.25, -0.2) is 4.98 Å². The lowest BCUT2D eigenvalue weighted by molar-refractivity contribution is 0.838. The van der Waals surface area contributed by atoms with Crippen LogP contribution in [0.4, 0.5) is 5.69 Å². The van der Waals surface area contributed by atoms with E-state index in [-0.39, 0.29) is 0 Å². The number of benzene rings is 1. The van der Waals surface area contributed by atoms with Gasteiger partial charge in [-0.05, 0) is 46.3 Å². The molecule has 0 aliphatic heterocycles. The van der Waals surface area contributed by atoms with Crippen LogP contribution in [0.15, 0.2) is 40.4 Å². The first-order valence-electron chi connectivity index (χ1n) is 5.17. The van der Waals surface area contributed by atoms with Crippen molar-refractivity contribution >= 4 is 44.0 Å². The molecule has 3 rings (SSSR count). The van der Waals surface area contributed by atoms with E-state index in [9.17, 15) is 0 Å². The highest BCUT2D eigenvalue weighted by atomic mass is 79.9. The molecular weight excluding hydrogens is 298 g/mol. The molecule has 1 aromatic carbocycles. The average molecular weight is 308 g/mol. The fourth-order valence-corrected chi connectivity index (χ4v) is 3.29. The van der Waals surface area contributed by atoms with E-state index in [2.05, 4.69) is 37.6 Å². The summed E-state index contributed by atoms with van der Waals surface area (Å²) in [6.45, 7) is 0.844. The van der Waals surface area contributed by atoms with Gasteiger partial charge in [-0.2, -0.15) is 0 Å². The van der Waals surface area contributed by atoms with Crippen molar-refractivity contribution in [3.8, 4) is 0 Å². The Hall–Kier alpha value is -1.33. The Morgan fingerprint density at radius 3 is 2.94 bits per heavy atom. The fraction of sp³-hybridized carbons (Fsp3) is 0.0833. The molecule has 3 aromatic rings. The van der Waals surface area contributed by atoms with Crippen LogP contribution >= 0.6 is 27.3 Å². The van der Waals surface area contributed by atoms with Gasteiger partial charge in [0.25, 0.3) is 0 Å². The summed E-state index contributed by atoms with van der Waals surface area (Å²) in [4.78, 5) is 5.66. The zero-order valence-corrected chi connectivity index (χ0v) is 11.3. The maximum atomic E-state index is 5.74. The number of nitrogens with two attached hydrogens (primary N) is 1. The average Bonchev–Trinajstić information content (AvgIpc) is 2.86. The van der Waals surface area contributed by atoms with Gasteiger partial charge >= 0.3 is 0 Å². The Labute approximate surface area is 111 Å². The molecule has 0 amide bonds. The van der Waals surface area contributed by atoms with Gasteiger partial charge in [-0.15, -0.1) is 11.3 Å². The number of anilines is 1. The quantitative estimate of drug-likeness (QED) is 0.737. The Bertz CT molecular complexity index is 671. The van der Waals surface area contributed by atoms with Gasteiger partial charge < -0.3 is 10.3 Å². The van der Waals surface area contributed by atoms with E-state index in [0.717, 1.165) is 27.1 Å². The summed E-state index contributed by atoms with van der Waals surface area (Å²) in [5, 5.41) is 0. The lowest BCUT2D eigenvalue weighted by Crippen LogP contribution is -1.95. The van der Waals surface area contributed by atoms with Crippen LogP contribution in [0.1, 0.15) is 4.88 Å². The zero-order chi connectivity index (χ0) is 11.8. The SMILES string of the molecule is Nc1ccc2c(c1)ncn2Cc1ccc(Br)s1. The van der Waals surface area contributed by atoms with Crippen molar-refractivity contribution in [1.82, 2.24) is 9.55 Å². The third kappa shape index (κ3) is 2.08. The third-order valence-corrected chi connectivity index (χ3v) is 4.21. The molecule has 2 N–H and O–H groups in total. The van der Waals surface area contributed by atoms with Gasteiger partial charge in [0, 0.05) is 10.6 Å². The molecule has 0 saturated carbocycles. The predicted octanol–water partition coefficient (Wildman–Crippen LogP) is 3.49. The molecule has 0 unspecified atom stereocenters. The first-order valence-corrected chi connectivity index (χ1v) is 6.78. The summed E-state index contributed by atoms with van der Waals surface area (Å²) >= 11 is 5.21. The second-order valence-corrected chi connectivity index (χ2v) is 6.37. The van der Waals surface area contributed by atoms with E-state index in [0.29, 0.717) is 0 Å². The molecule has 0 aliphatic rings. The Kier molecular flexibility index (Phi) is 2.64. The monoisotopic (exact) mass is 307 g/mol. The maximum Gasteiger partial charge on any atom is 0.0961 e. The fourth-order valence-electron chi connectivity index (χ4n) is 1.81. The van der Waals surface area contributed by atoms with E-state index in [1.807, 2.05) is 24.5 Å². The topological polar surface area (TPSA) is 43.8 Å². The van der Waals surface area contributed by atoms with Crippen LogP contribution in [0.3, 0.4) is 0 Å². The van der Waals surface area contributed by atoms with Crippen molar-refractivity contribution in [2.45, 2.75) is 6.54 Å². The number of hydrogen-bond acceptors (Lipinski definition) is 3. The lowest BCUT2D eigenvalue weighted by atomic mass is 10.3. The Balaban J connectivity index is 2.00. The molecular formula is C12H10BrN3S. The van der Waals surface area contributed by atoms with Gasteiger partial charge in [0.1, 0.15) is 0 Å². The summed E-state index contributed by atoms with van der Waals surface area (Å²) in [6, 6.07) is 10.0. The van der Waals surface area contributed by atoms with Crippen LogP contribution < -0.4 is 5.73 Å².